The topological polar surface area (TPSA) is 73.1 Å². The molecule has 0 bridgehead atoms. The molecule has 5 nitrogen and oxygen atoms in total. The Morgan fingerprint density at radius 2 is 1.85 bits per heavy atom. The van der Waals surface area contributed by atoms with Crippen LogP contribution in [-0.4, -0.2) is 30.2 Å². The van der Waals surface area contributed by atoms with Crippen LogP contribution < -0.4 is 11.1 Å². The standard InChI is InChI=1S/C15H28N4O/c1-11-12(16)18-14(15(2,3)4)19-13(11)17-9-7-6-8-10-20-5/h6-10H2,1-5H3,(H3,16,17,18,19). The Kier molecular flexibility index (Phi) is 6.20. The molecule has 5 heteroatoms. The molecule has 1 heterocycles. The summed E-state index contributed by atoms with van der Waals surface area (Å²) in [4.78, 5) is 8.99. The lowest BCUT2D eigenvalue weighted by Crippen LogP contribution is -2.19. The van der Waals surface area contributed by atoms with E-state index >= 15 is 0 Å². The molecule has 0 radical (unpaired) electrons. The first kappa shape index (κ1) is 16.7. The van der Waals surface area contributed by atoms with Crippen LogP contribution in [0, 0.1) is 6.92 Å². The number of rotatable bonds is 7. The van der Waals surface area contributed by atoms with E-state index in [0.717, 1.165) is 49.6 Å². The molecule has 0 atom stereocenters. The van der Waals surface area contributed by atoms with Crippen molar-refractivity contribution >= 4 is 11.6 Å². The lowest BCUT2D eigenvalue weighted by molar-refractivity contribution is 0.192. The van der Waals surface area contributed by atoms with Crippen molar-refractivity contribution in [2.45, 2.75) is 52.4 Å². The van der Waals surface area contributed by atoms with Gasteiger partial charge in [0.2, 0.25) is 0 Å². The zero-order valence-electron chi connectivity index (χ0n) is 13.4. The third-order valence-electron chi connectivity index (χ3n) is 3.17. The summed E-state index contributed by atoms with van der Waals surface area (Å²) >= 11 is 0. The van der Waals surface area contributed by atoms with Crippen molar-refractivity contribution in [3.63, 3.8) is 0 Å². The van der Waals surface area contributed by atoms with Crippen LogP contribution in [0.4, 0.5) is 11.6 Å². The lowest BCUT2D eigenvalue weighted by atomic mass is 9.95. The Morgan fingerprint density at radius 1 is 1.15 bits per heavy atom. The lowest BCUT2D eigenvalue weighted by Gasteiger charge is -2.19. The highest BCUT2D eigenvalue weighted by atomic mass is 16.5. The summed E-state index contributed by atoms with van der Waals surface area (Å²) in [6, 6.07) is 0. The molecule has 0 aromatic carbocycles. The molecule has 0 unspecified atom stereocenters. The Hall–Kier alpha value is -1.36. The van der Waals surface area contributed by atoms with E-state index in [9.17, 15) is 0 Å². The van der Waals surface area contributed by atoms with E-state index in [1.165, 1.54) is 0 Å². The fourth-order valence-electron chi connectivity index (χ4n) is 1.80. The number of nitrogens with zero attached hydrogens (tertiary/aromatic N) is 2. The van der Waals surface area contributed by atoms with Gasteiger partial charge in [-0.15, -0.1) is 0 Å². The normalized spacial score (nSPS) is 11.7. The van der Waals surface area contributed by atoms with Gasteiger partial charge in [-0.25, -0.2) is 9.97 Å². The van der Waals surface area contributed by atoms with Crippen LogP contribution in [0.3, 0.4) is 0 Å². The third-order valence-corrected chi connectivity index (χ3v) is 3.17. The van der Waals surface area contributed by atoms with Gasteiger partial charge in [-0.05, 0) is 26.2 Å². The number of ether oxygens (including phenoxy) is 1. The minimum absolute atomic E-state index is 0.100. The van der Waals surface area contributed by atoms with Gasteiger partial charge in [0.05, 0.1) is 0 Å². The molecule has 0 spiro atoms. The summed E-state index contributed by atoms with van der Waals surface area (Å²) in [5.41, 5.74) is 6.81. The first-order chi connectivity index (χ1) is 9.36. The number of aromatic nitrogens is 2. The Labute approximate surface area is 122 Å². The van der Waals surface area contributed by atoms with Crippen LogP contribution in [0.1, 0.15) is 51.4 Å². The average Bonchev–Trinajstić information content (AvgIpc) is 2.37. The predicted octanol–water partition coefficient (Wildman–Crippen LogP) is 2.89. The molecule has 0 amide bonds. The summed E-state index contributed by atoms with van der Waals surface area (Å²) < 4.78 is 5.04. The van der Waals surface area contributed by atoms with E-state index in [-0.39, 0.29) is 5.41 Å². The molecular weight excluding hydrogens is 252 g/mol. The van der Waals surface area contributed by atoms with Crippen molar-refractivity contribution in [1.29, 1.82) is 0 Å². The van der Waals surface area contributed by atoms with E-state index in [1.54, 1.807) is 7.11 Å². The van der Waals surface area contributed by atoms with E-state index in [0.29, 0.717) is 5.82 Å². The van der Waals surface area contributed by atoms with E-state index in [4.69, 9.17) is 10.5 Å². The molecule has 20 heavy (non-hydrogen) atoms. The number of hydrogen-bond donors (Lipinski definition) is 2. The summed E-state index contributed by atoms with van der Waals surface area (Å²) in [5, 5.41) is 3.37. The Bertz CT molecular complexity index is 427. The summed E-state index contributed by atoms with van der Waals surface area (Å²) in [6.45, 7) is 9.94. The van der Waals surface area contributed by atoms with Crippen LogP contribution in [0.25, 0.3) is 0 Å². The van der Waals surface area contributed by atoms with E-state index in [2.05, 4.69) is 36.1 Å². The number of nitrogens with two attached hydrogens (primary N) is 1. The average molecular weight is 280 g/mol. The molecule has 1 aromatic rings. The number of hydrogen-bond acceptors (Lipinski definition) is 5. The quantitative estimate of drug-likeness (QED) is 0.751. The zero-order valence-corrected chi connectivity index (χ0v) is 13.4. The highest BCUT2D eigenvalue weighted by Gasteiger charge is 2.20. The van der Waals surface area contributed by atoms with Crippen molar-refractivity contribution in [3.05, 3.63) is 11.4 Å². The minimum atomic E-state index is -0.100. The molecular formula is C15H28N4O. The van der Waals surface area contributed by atoms with Gasteiger partial charge < -0.3 is 15.8 Å². The number of anilines is 2. The fourth-order valence-corrected chi connectivity index (χ4v) is 1.80. The molecule has 1 rings (SSSR count). The maximum Gasteiger partial charge on any atom is 0.138 e. The van der Waals surface area contributed by atoms with Crippen LogP contribution in [0.5, 0.6) is 0 Å². The van der Waals surface area contributed by atoms with Gasteiger partial charge in [0.1, 0.15) is 17.5 Å². The van der Waals surface area contributed by atoms with Crippen LogP contribution in [0.15, 0.2) is 0 Å². The maximum atomic E-state index is 5.98. The van der Waals surface area contributed by atoms with Gasteiger partial charge in [-0.3, -0.25) is 0 Å². The van der Waals surface area contributed by atoms with Crippen LogP contribution in [0.2, 0.25) is 0 Å². The second kappa shape index (κ2) is 7.43. The molecule has 0 saturated carbocycles. The largest absolute Gasteiger partial charge is 0.385 e. The van der Waals surface area contributed by atoms with Gasteiger partial charge in [0, 0.05) is 31.2 Å². The molecule has 0 saturated heterocycles. The first-order valence-corrected chi connectivity index (χ1v) is 7.23. The second-order valence-corrected chi connectivity index (χ2v) is 6.14. The smallest absolute Gasteiger partial charge is 0.138 e. The maximum absolute atomic E-state index is 5.98. The Balaban J connectivity index is 2.63. The minimum Gasteiger partial charge on any atom is -0.385 e. The molecule has 3 N–H and O–H groups in total. The number of nitrogens with one attached hydrogen (secondary N) is 1. The van der Waals surface area contributed by atoms with Crippen molar-refractivity contribution < 1.29 is 4.74 Å². The number of unbranched alkanes of at least 4 members (excludes halogenated alkanes) is 2. The highest BCUT2D eigenvalue weighted by Crippen LogP contribution is 2.24. The number of methoxy groups -OCH3 is 1. The Morgan fingerprint density at radius 3 is 2.45 bits per heavy atom. The van der Waals surface area contributed by atoms with Gasteiger partial charge in [-0.1, -0.05) is 20.8 Å². The van der Waals surface area contributed by atoms with Gasteiger partial charge >= 0.3 is 0 Å². The molecule has 0 aliphatic heterocycles. The molecule has 1 aromatic heterocycles. The highest BCUT2D eigenvalue weighted by molar-refractivity contribution is 5.55. The molecule has 0 aliphatic rings. The van der Waals surface area contributed by atoms with E-state index < -0.39 is 0 Å². The van der Waals surface area contributed by atoms with Crippen molar-refractivity contribution in [1.82, 2.24) is 9.97 Å². The van der Waals surface area contributed by atoms with E-state index in [1.807, 2.05) is 6.92 Å². The third kappa shape index (κ3) is 4.96. The van der Waals surface area contributed by atoms with Gasteiger partial charge in [0.25, 0.3) is 0 Å². The second-order valence-electron chi connectivity index (χ2n) is 6.14. The summed E-state index contributed by atoms with van der Waals surface area (Å²) in [6.07, 6.45) is 3.33. The summed E-state index contributed by atoms with van der Waals surface area (Å²) in [5.74, 6) is 2.20. The van der Waals surface area contributed by atoms with Crippen LogP contribution in [-0.2, 0) is 10.2 Å². The number of nitrogen functional groups attached to an aromatic ring is 1. The first-order valence-electron chi connectivity index (χ1n) is 7.23. The fraction of sp³-hybridized carbons (Fsp3) is 0.733. The van der Waals surface area contributed by atoms with Gasteiger partial charge in [0.15, 0.2) is 0 Å². The predicted molar refractivity (Wildman–Crippen MR) is 84.1 cm³/mol. The zero-order chi connectivity index (χ0) is 15.2. The monoisotopic (exact) mass is 280 g/mol. The van der Waals surface area contributed by atoms with Crippen molar-refractivity contribution in [2.75, 3.05) is 31.3 Å². The molecule has 114 valence electrons. The van der Waals surface area contributed by atoms with Crippen molar-refractivity contribution in [3.8, 4) is 0 Å². The molecule has 0 aliphatic carbocycles. The van der Waals surface area contributed by atoms with Crippen LogP contribution >= 0.6 is 0 Å². The summed E-state index contributed by atoms with van der Waals surface area (Å²) in [7, 11) is 1.74. The molecule has 0 fully saturated rings. The van der Waals surface area contributed by atoms with Crippen molar-refractivity contribution in [2.24, 2.45) is 0 Å². The van der Waals surface area contributed by atoms with Gasteiger partial charge in [-0.2, -0.15) is 0 Å². The SMILES string of the molecule is COCCCCCNc1nc(C(C)(C)C)nc(N)c1C.